The highest BCUT2D eigenvalue weighted by Gasteiger charge is 2.29. The highest BCUT2D eigenvalue weighted by atomic mass is 15.0. The molecule has 0 saturated carbocycles. The van der Waals surface area contributed by atoms with Gasteiger partial charge in [-0.2, -0.15) is 0 Å². The average molecular weight is 356 g/mol. The van der Waals surface area contributed by atoms with Crippen LogP contribution in [0.5, 0.6) is 0 Å². The zero-order chi connectivity index (χ0) is 19.4. The molecule has 0 aliphatic rings. The first kappa shape index (κ1) is 17.9. The molecule has 0 aliphatic heterocycles. The molecule has 3 aromatic carbocycles. The molecule has 1 nitrogen and oxygen atoms in total. The van der Waals surface area contributed by atoms with Gasteiger partial charge in [-0.15, -0.1) is 0 Å². The molecule has 0 N–H and O–H groups in total. The molecule has 0 fully saturated rings. The van der Waals surface area contributed by atoms with E-state index in [1.165, 1.54) is 38.6 Å². The molecule has 0 amide bonds. The zero-order valence-electron chi connectivity index (χ0n) is 17.3. The van der Waals surface area contributed by atoms with Gasteiger partial charge in [-0.05, 0) is 40.2 Å². The van der Waals surface area contributed by atoms with E-state index in [9.17, 15) is 0 Å². The quantitative estimate of drug-likeness (QED) is 0.336. The van der Waals surface area contributed by atoms with E-state index in [-0.39, 0.29) is 10.8 Å². The fraction of sp³-hybridized carbons (Fsp3) is 0.308. The monoisotopic (exact) mass is 355 g/mol. The number of fused-ring (bicyclic) bond motifs is 3. The van der Waals surface area contributed by atoms with Gasteiger partial charge in [0.2, 0.25) is 0 Å². The van der Waals surface area contributed by atoms with E-state index in [4.69, 9.17) is 0 Å². The van der Waals surface area contributed by atoms with E-state index in [0.29, 0.717) is 0 Å². The molecule has 1 heteroatoms. The van der Waals surface area contributed by atoms with Crippen molar-refractivity contribution in [3.8, 4) is 5.69 Å². The second-order valence-corrected chi connectivity index (χ2v) is 9.57. The molecule has 1 aromatic heterocycles. The van der Waals surface area contributed by atoms with Gasteiger partial charge in [0.1, 0.15) is 0 Å². The van der Waals surface area contributed by atoms with Gasteiger partial charge in [0.15, 0.2) is 0 Å². The number of rotatable bonds is 1. The summed E-state index contributed by atoms with van der Waals surface area (Å²) in [6.07, 6.45) is 0. The summed E-state index contributed by atoms with van der Waals surface area (Å²) >= 11 is 0. The van der Waals surface area contributed by atoms with Gasteiger partial charge in [-0.1, -0.05) is 90.1 Å². The zero-order valence-corrected chi connectivity index (χ0v) is 17.3. The van der Waals surface area contributed by atoms with Crippen molar-refractivity contribution < 1.29 is 0 Å². The Bertz CT molecular complexity index is 1080. The lowest BCUT2D eigenvalue weighted by atomic mass is 9.74. The minimum absolute atomic E-state index is 0.0473. The van der Waals surface area contributed by atoms with Crippen molar-refractivity contribution in [1.29, 1.82) is 0 Å². The van der Waals surface area contributed by atoms with Crippen LogP contribution in [0.25, 0.3) is 27.5 Å². The molecule has 0 unspecified atom stereocenters. The summed E-state index contributed by atoms with van der Waals surface area (Å²) < 4.78 is 2.46. The molecule has 1 heterocycles. The minimum atomic E-state index is 0.0473. The van der Waals surface area contributed by atoms with Crippen LogP contribution in [-0.4, -0.2) is 4.57 Å². The lowest BCUT2D eigenvalue weighted by Gasteiger charge is -2.33. The van der Waals surface area contributed by atoms with Crippen LogP contribution < -0.4 is 0 Å². The van der Waals surface area contributed by atoms with Crippen LogP contribution in [0.15, 0.2) is 66.7 Å². The van der Waals surface area contributed by atoms with E-state index in [1.54, 1.807) is 0 Å². The molecule has 0 saturated heterocycles. The summed E-state index contributed by atoms with van der Waals surface area (Å²) in [5.74, 6) is 0. The SMILES string of the molecule is CC(C)(C)c1cccc(-n2c3ccccc3c3ccccc32)c1C(C)(C)C. The molecular weight excluding hydrogens is 326 g/mol. The Morgan fingerprint density at radius 2 is 1.07 bits per heavy atom. The number of nitrogens with zero attached hydrogens (tertiary/aromatic N) is 1. The Kier molecular flexibility index (Phi) is 3.96. The smallest absolute Gasteiger partial charge is 0.0541 e. The number of benzene rings is 3. The van der Waals surface area contributed by atoms with E-state index in [1.807, 2.05) is 0 Å². The van der Waals surface area contributed by atoms with Gasteiger partial charge >= 0.3 is 0 Å². The van der Waals surface area contributed by atoms with Gasteiger partial charge in [-0.3, -0.25) is 0 Å². The van der Waals surface area contributed by atoms with Crippen molar-refractivity contribution in [2.45, 2.75) is 52.4 Å². The predicted molar refractivity (Wildman–Crippen MR) is 118 cm³/mol. The van der Waals surface area contributed by atoms with Crippen LogP contribution in [0.2, 0.25) is 0 Å². The van der Waals surface area contributed by atoms with E-state index >= 15 is 0 Å². The predicted octanol–water partition coefficient (Wildman–Crippen LogP) is 7.38. The maximum absolute atomic E-state index is 2.46. The third-order valence-electron chi connectivity index (χ3n) is 5.42. The number of hydrogen-bond donors (Lipinski definition) is 0. The molecule has 138 valence electrons. The molecule has 4 aromatic rings. The summed E-state index contributed by atoms with van der Waals surface area (Å²) in [4.78, 5) is 0. The number of para-hydroxylation sites is 2. The normalized spacial score (nSPS) is 12.8. The topological polar surface area (TPSA) is 4.93 Å². The molecule has 4 rings (SSSR count). The van der Waals surface area contributed by atoms with Crippen LogP contribution >= 0.6 is 0 Å². The fourth-order valence-corrected chi connectivity index (χ4v) is 4.32. The van der Waals surface area contributed by atoms with Crippen LogP contribution in [0.1, 0.15) is 52.7 Å². The Hall–Kier alpha value is -2.54. The summed E-state index contributed by atoms with van der Waals surface area (Å²) in [7, 11) is 0. The van der Waals surface area contributed by atoms with Crippen molar-refractivity contribution in [1.82, 2.24) is 4.57 Å². The van der Waals surface area contributed by atoms with Crippen LogP contribution in [-0.2, 0) is 10.8 Å². The number of aromatic nitrogens is 1. The molecule has 0 bridgehead atoms. The third kappa shape index (κ3) is 2.86. The summed E-state index contributed by atoms with van der Waals surface area (Å²) in [5, 5.41) is 2.63. The van der Waals surface area contributed by atoms with E-state index in [0.717, 1.165) is 0 Å². The molecule has 0 radical (unpaired) electrons. The maximum atomic E-state index is 2.46. The van der Waals surface area contributed by atoms with Crippen LogP contribution in [0, 0.1) is 0 Å². The highest BCUT2D eigenvalue weighted by Crippen LogP contribution is 2.41. The van der Waals surface area contributed by atoms with Gasteiger partial charge in [0.25, 0.3) is 0 Å². The van der Waals surface area contributed by atoms with Crippen LogP contribution in [0.3, 0.4) is 0 Å². The Morgan fingerprint density at radius 3 is 1.56 bits per heavy atom. The van der Waals surface area contributed by atoms with Gasteiger partial charge in [0, 0.05) is 10.8 Å². The van der Waals surface area contributed by atoms with Gasteiger partial charge < -0.3 is 4.57 Å². The standard InChI is InChI=1S/C26H29N/c1-25(2,3)20-14-11-17-23(24(20)26(4,5)6)27-21-15-9-7-12-18(21)19-13-8-10-16-22(19)27/h7-17H,1-6H3. The Morgan fingerprint density at radius 1 is 0.556 bits per heavy atom. The fourth-order valence-electron chi connectivity index (χ4n) is 4.32. The average Bonchev–Trinajstić information content (AvgIpc) is 2.94. The molecule has 0 atom stereocenters. The van der Waals surface area contributed by atoms with Gasteiger partial charge in [0.05, 0.1) is 16.7 Å². The highest BCUT2D eigenvalue weighted by molar-refractivity contribution is 6.09. The van der Waals surface area contributed by atoms with Crippen molar-refractivity contribution in [2.24, 2.45) is 0 Å². The Balaban J connectivity index is 2.20. The summed E-state index contributed by atoms with van der Waals surface area (Å²) in [6.45, 7) is 13.9. The van der Waals surface area contributed by atoms with Crippen molar-refractivity contribution in [3.05, 3.63) is 77.9 Å². The van der Waals surface area contributed by atoms with Crippen LogP contribution in [0.4, 0.5) is 0 Å². The largest absolute Gasteiger partial charge is 0.309 e. The molecule has 0 spiro atoms. The minimum Gasteiger partial charge on any atom is -0.309 e. The first-order chi connectivity index (χ1) is 12.7. The molecule has 27 heavy (non-hydrogen) atoms. The lowest BCUT2D eigenvalue weighted by Crippen LogP contribution is -2.24. The lowest BCUT2D eigenvalue weighted by molar-refractivity contribution is 0.528. The van der Waals surface area contributed by atoms with Crippen molar-refractivity contribution >= 4 is 21.8 Å². The summed E-state index contributed by atoms with van der Waals surface area (Å²) in [5.41, 5.74) is 6.85. The van der Waals surface area contributed by atoms with Gasteiger partial charge in [-0.25, -0.2) is 0 Å². The van der Waals surface area contributed by atoms with E-state index < -0.39 is 0 Å². The third-order valence-corrected chi connectivity index (χ3v) is 5.42. The van der Waals surface area contributed by atoms with E-state index in [2.05, 4.69) is 113 Å². The second kappa shape index (κ2) is 5.99. The first-order valence-corrected chi connectivity index (χ1v) is 9.82. The maximum Gasteiger partial charge on any atom is 0.0541 e. The first-order valence-electron chi connectivity index (χ1n) is 9.82. The summed E-state index contributed by atoms with van der Waals surface area (Å²) in [6, 6.07) is 24.3. The number of hydrogen-bond acceptors (Lipinski definition) is 0. The second-order valence-electron chi connectivity index (χ2n) is 9.57. The van der Waals surface area contributed by atoms with Crippen molar-refractivity contribution in [3.63, 3.8) is 0 Å². The van der Waals surface area contributed by atoms with Crippen molar-refractivity contribution in [2.75, 3.05) is 0 Å². The Labute approximate surface area is 162 Å². The molecule has 0 aliphatic carbocycles. The molecular formula is C26H29N.